The Hall–Kier alpha value is -0.227. The zero-order chi connectivity index (χ0) is 9.54. The largest absolute Gasteiger partial charge is 0.165 e. The molecule has 3 heteroatoms. The second kappa shape index (κ2) is 6.64. The summed E-state index contributed by atoms with van der Waals surface area (Å²) in [5, 5.41) is 5.41. The molecule has 0 aliphatic carbocycles. The predicted molar refractivity (Wildman–Crippen MR) is 76.3 cm³/mol. The maximum Gasteiger partial charge on any atom is 0 e. The molecule has 0 fully saturated rings. The van der Waals surface area contributed by atoms with Crippen molar-refractivity contribution in [1.82, 2.24) is 0 Å². The van der Waals surface area contributed by atoms with E-state index in [0.29, 0.717) is 0 Å². The first kappa shape index (κ1) is 16.8. The van der Waals surface area contributed by atoms with Crippen LogP contribution in [0.25, 0.3) is 21.5 Å². The fourth-order valence-electron chi connectivity index (χ4n) is 2.11. The van der Waals surface area contributed by atoms with E-state index < -0.39 is 0 Å². The van der Waals surface area contributed by atoms with Gasteiger partial charge in [-0.25, -0.2) is 0 Å². The second-order valence-electron chi connectivity index (χ2n) is 3.82. The number of halogens is 2. The van der Waals surface area contributed by atoms with Crippen molar-refractivity contribution in [2.75, 3.05) is 0 Å². The van der Waals surface area contributed by atoms with E-state index in [9.17, 15) is 0 Å². The van der Waals surface area contributed by atoms with Crippen molar-refractivity contribution in [2.24, 2.45) is 0 Å². The van der Waals surface area contributed by atoms with Crippen LogP contribution >= 0.6 is 24.8 Å². The summed E-state index contributed by atoms with van der Waals surface area (Å²) in [6.45, 7) is 2.15. The van der Waals surface area contributed by atoms with Gasteiger partial charge < -0.3 is 0 Å². The zero-order valence-electron chi connectivity index (χ0n) is 9.44. The minimum atomic E-state index is 0. The molecular weight excluding hydrogens is 330 g/mol. The summed E-state index contributed by atoms with van der Waals surface area (Å²) in [5.74, 6) is 0. The molecule has 0 aromatic heterocycles. The van der Waals surface area contributed by atoms with E-state index in [2.05, 4.69) is 55.5 Å². The number of rotatable bonds is 0. The molecule has 0 heterocycles. The maximum absolute atomic E-state index is 2.26. The molecule has 0 nitrogen and oxygen atoms in total. The molecule has 0 aliphatic rings. The molecule has 0 aliphatic heterocycles. The standard InChI is InChI=1S/C14H11.2ClH.Zr/c1-10-8-12-7-6-11-4-2-3-5-13(11)14(12)9-10;;;/h2-9H,1H3;2*1H;/q-1;;;. The summed E-state index contributed by atoms with van der Waals surface area (Å²) >= 11 is 0. The van der Waals surface area contributed by atoms with Gasteiger partial charge in [-0.1, -0.05) is 42.6 Å². The zero-order valence-corrected chi connectivity index (χ0v) is 13.5. The van der Waals surface area contributed by atoms with Crippen molar-refractivity contribution in [3.8, 4) is 0 Å². The van der Waals surface area contributed by atoms with Gasteiger partial charge in [0, 0.05) is 26.2 Å². The van der Waals surface area contributed by atoms with E-state index in [4.69, 9.17) is 0 Å². The molecule has 0 saturated heterocycles. The third kappa shape index (κ3) is 2.96. The summed E-state index contributed by atoms with van der Waals surface area (Å²) in [5.41, 5.74) is 1.34. The van der Waals surface area contributed by atoms with Crippen LogP contribution in [0.2, 0.25) is 0 Å². The van der Waals surface area contributed by atoms with Crippen molar-refractivity contribution < 1.29 is 26.2 Å². The first-order chi connectivity index (χ1) is 6.84. The van der Waals surface area contributed by atoms with Gasteiger partial charge in [-0.2, -0.15) is 6.07 Å². The molecule has 3 aromatic carbocycles. The van der Waals surface area contributed by atoms with Gasteiger partial charge in [0.15, 0.2) is 0 Å². The monoisotopic (exact) mass is 341 g/mol. The molecule has 3 aromatic rings. The molecule has 0 spiro atoms. The first-order valence-electron chi connectivity index (χ1n) is 4.89. The SMILES string of the molecule is Cc1cc2c(ccc3ccccc32)[cH-]1.Cl.Cl.[Zr]. The van der Waals surface area contributed by atoms with Gasteiger partial charge in [0.2, 0.25) is 0 Å². The normalized spacial score (nSPS) is 9.24. The Bertz CT molecular complexity index is 614. The fraction of sp³-hybridized carbons (Fsp3) is 0.0714. The molecule has 17 heavy (non-hydrogen) atoms. The third-order valence-electron chi connectivity index (χ3n) is 2.76. The van der Waals surface area contributed by atoms with Crippen molar-refractivity contribution in [3.05, 3.63) is 54.1 Å². The molecular formula is C14H13Cl2Zr-. The van der Waals surface area contributed by atoms with Gasteiger partial charge >= 0.3 is 0 Å². The summed E-state index contributed by atoms with van der Waals surface area (Å²) in [4.78, 5) is 0. The third-order valence-corrected chi connectivity index (χ3v) is 2.76. The van der Waals surface area contributed by atoms with Gasteiger partial charge in [0.1, 0.15) is 0 Å². The minimum Gasteiger partial charge on any atom is -0.165 e. The number of fused-ring (bicyclic) bond motifs is 3. The first-order valence-corrected chi connectivity index (χ1v) is 4.89. The Labute approximate surface area is 133 Å². The van der Waals surface area contributed by atoms with E-state index in [1.54, 1.807) is 0 Å². The van der Waals surface area contributed by atoms with E-state index in [-0.39, 0.29) is 51.0 Å². The predicted octanol–water partition coefficient (Wildman–Crippen LogP) is 4.86. The smallest absolute Gasteiger partial charge is 0 e. The van der Waals surface area contributed by atoms with E-state index >= 15 is 0 Å². The second-order valence-corrected chi connectivity index (χ2v) is 3.82. The molecule has 88 valence electrons. The van der Waals surface area contributed by atoms with E-state index in [1.165, 1.54) is 27.1 Å². The average Bonchev–Trinajstić information content (AvgIpc) is 2.59. The van der Waals surface area contributed by atoms with Gasteiger partial charge in [-0.15, -0.1) is 53.3 Å². The Morgan fingerprint density at radius 2 is 1.59 bits per heavy atom. The number of aryl methyl sites for hydroxylation is 1. The van der Waals surface area contributed by atoms with Crippen molar-refractivity contribution in [2.45, 2.75) is 6.92 Å². The van der Waals surface area contributed by atoms with Gasteiger partial charge in [0.05, 0.1) is 0 Å². The fourth-order valence-corrected chi connectivity index (χ4v) is 2.11. The van der Waals surface area contributed by atoms with Crippen LogP contribution in [0.3, 0.4) is 0 Å². The molecule has 3 rings (SSSR count). The Morgan fingerprint density at radius 1 is 0.882 bits per heavy atom. The minimum absolute atomic E-state index is 0. The van der Waals surface area contributed by atoms with Crippen molar-refractivity contribution >= 4 is 46.4 Å². The number of benzene rings is 2. The topological polar surface area (TPSA) is 0 Å². The summed E-state index contributed by atoms with van der Waals surface area (Å²) < 4.78 is 0. The molecule has 0 unspecified atom stereocenters. The van der Waals surface area contributed by atoms with Crippen LogP contribution in [0.5, 0.6) is 0 Å². The Morgan fingerprint density at radius 3 is 2.35 bits per heavy atom. The molecule has 0 amide bonds. The molecule has 0 saturated carbocycles. The van der Waals surface area contributed by atoms with Crippen molar-refractivity contribution in [1.29, 1.82) is 0 Å². The Kier molecular flexibility index (Phi) is 6.55. The van der Waals surface area contributed by atoms with Crippen LogP contribution in [0.15, 0.2) is 48.5 Å². The van der Waals surface area contributed by atoms with Gasteiger partial charge in [-0.3, -0.25) is 0 Å². The van der Waals surface area contributed by atoms with Crippen LogP contribution in [0.1, 0.15) is 5.56 Å². The van der Waals surface area contributed by atoms with Gasteiger partial charge in [0.25, 0.3) is 0 Å². The molecule has 0 bridgehead atoms. The average molecular weight is 343 g/mol. The van der Waals surface area contributed by atoms with Crippen LogP contribution in [0.4, 0.5) is 0 Å². The number of hydrogen-bond acceptors (Lipinski definition) is 0. The summed E-state index contributed by atoms with van der Waals surface area (Å²) in [7, 11) is 0. The van der Waals surface area contributed by atoms with Crippen LogP contribution in [-0.2, 0) is 26.2 Å². The molecule has 0 atom stereocenters. The maximum atomic E-state index is 2.26. The van der Waals surface area contributed by atoms with Gasteiger partial charge in [-0.05, 0) is 5.39 Å². The Balaban J connectivity index is 0.000000853. The summed E-state index contributed by atoms with van der Waals surface area (Å²) in [6, 6.07) is 17.4. The van der Waals surface area contributed by atoms with E-state index in [1.807, 2.05) is 0 Å². The molecule has 0 N–H and O–H groups in total. The van der Waals surface area contributed by atoms with E-state index in [0.717, 1.165) is 0 Å². The molecule has 0 radical (unpaired) electrons. The van der Waals surface area contributed by atoms with Crippen LogP contribution in [-0.4, -0.2) is 0 Å². The van der Waals surface area contributed by atoms with Crippen LogP contribution in [0, 0.1) is 6.92 Å². The number of hydrogen-bond donors (Lipinski definition) is 0. The summed E-state index contributed by atoms with van der Waals surface area (Å²) in [6.07, 6.45) is 0. The van der Waals surface area contributed by atoms with Crippen LogP contribution < -0.4 is 0 Å². The quantitative estimate of drug-likeness (QED) is 0.511. The van der Waals surface area contributed by atoms with Crippen molar-refractivity contribution in [3.63, 3.8) is 0 Å².